The molecule has 0 spiro atoms. The van der Waals surface area contributed by atoms with Gasteiger partial charge in [-0.3, -0.25) is 4.68 Å². The molecule has 0 aliphatic heterocycles. The maximum absolute atomic E-state index is 11.4. The van der Waals surface area contributed by atoms with Crippen molar-refractivity contribution in [3.8, 4) is 5.88 Å². The average molecular weight is 314 g/mol. The number of benzene rings is 1. The van der Waals surface area contributed by atoms with Gasteiger partial charge in [0.05, 0.1) is 12.3 Å². The summed E-state index contributed by atoms with van der Waals surface area (Å²) in [6.45, 7) is 6.64. The lowest BCUT2D eigenvalue weighted by atomic mass is 10.2. The molecule has 0 unspecified atom stereocenters. The zero-order valence-corrected chi connectivity index (χ0v) is 13.7. The Balaban J connectivity index is 2.10. The molecule has 2 aromatic rings. The molecule has 0 aliphatic carbocycles. The van der Waals surface area contributed by atoms with Crippen molar-refractivity contribution in [3.63, 3.8) is 0 Å². The lowest BCUT2D eigenvalue weighted by Crippen LogP contribution is -2.06. The molecule has 0 aliphatic rings. The van der Waals surface area contributed by atoms with E-state index in [0.717, 1.165) is 11.3 Å². The van der Waals surface area contributed by atoms with Gasteiger partial charge in [0.1, 0.15) is 6.61 Å². The summed E-state index contributed by atoms with van der Waals surface area (Å²) in [5.74, 6) is 0.168. The van der Waals surface area contributed by atoms with Crippen LogP contribution in [0.2, 0.25) is 0 Å². The van der Waals surface area contributed by atoms with Crippen LogP contribution in [-0.4, -0.2) is 22.4 Å². The fraction of sp³-hybridized carbons (Fsp3) is 0.333. The number of nitrogens with zero attached hydrogens (tertiary/aromatic N) is 2. The minimum atomic E-state index is -0.365. The van der Waals surface area contributed by atoms with Crippen LogP contribution < -0.4 is 4.74 Å². The van der Waals surface area contributed by atoms with Crippen LogP contribution in [0, 0.1) is 0 Å². The fourth-order valence-corrected chi connectivity index (χ4v) is 2.07. The van der Waals surface area contributed by atoms with Crippen LogP contribution in [0.15, 0.2) is 42.5 Å². The van der Waals surface area contributed by atoms with E-state index in [2.05, 4.69) is 5.10 Å². The molecule has 5 nitrogen and oxygen atoms in total. The van der Waals surface area contributed by atoms with E-state index in [1.54, 1.807) is 13.0 Å². The second-order valence-corrected chi connectivity index (χ2v) is 5.31. The lowest BCUT2D eigenvalue weighted by Gasteiger charge is -2.07. The Morgan fingerprint density at radius 2 is 2.04 bits per heavy atom. The minimum Gasteiger partial charge on any atom is -0.472 e. The highest BCUT2D eigenvalue weighted by Crippen LogP contribution is 2.19. The normalized spacial score (nSPS) is 11.1. The van der Waals surface area contributed by atoms with Gasteiger partial charge in [-0.25, -0.2) is 4.79 Å². The van der Waals surface area contributed by atoms with E-state index in [9.17, 15) is 4.79 Å². The summed E-state index contributed by atoms with van der Waals surface area (Å²) in [6, 6.07) is 11.9. The van der Waals surface area contributed by atoms with Gasteiger partial charge in [0, 0.05) is 18.2 Å². The first kappa shape index (κ1) is 16.8. The number of carbonyl (C=O) groups excluding carboxylic acids is 1. The van der Waals surface area contributed by atoms with E-state index in [-0.39, 0.29) is 12.0 Å². The van der Waals surface area contributed by atoms with Crippen molar-refractivity contribution in [1.29, 1.82) is 0 Å². The van der Waals surface area contributed by atoms with Crippen molar-refractivity contribution < 1.29 is 14.3 Å². The minimum absolute atomic E-state index is 0.158. The van der Waals surface area contributed by atoms with Crippen molar-refractivity contribution in [2.24, 2.45) is 0 Å². The molecule has 23 heavy (non-hydrogen) atoms. The van der Waals surface area contributed by atoms with E-state index in [4.69, 9.17) is 9.47 Å². The molecule has 0 fully saturated rings. The topological polar surface area (TPSA) is 53.4 Å². The zero-order chi connectivity index (χ0) is 16.7. The molecule has 1 aromatic carbocycles. The molecule has 0 bridgehead atoms. The van der Waals surface area contributed by atoms with Crippen LogP contribution in [0.4, 0.5) is 0 Å². The van der Waals surface area contributed by atoms with Crippen molar-refractivity contribution in [2.75, 3.05) is 6.61 Å². The fourth-order valence-electron chi connectivity index (χ4n) is 2.07. The van der Waals surface area contributed by atoms with E-state index in [1.165, 1.54) is 6.08 Å². The third kappa shape index (κ3) is 4.98. The van der Waals surface area contributed by atoms with Crippen LogP contribution >= 0.6 is 0 Å². The van der Waals surface area contributed by atoms with Crippen LogP contribution in [-0.2, 0) is 16.1 Å². The Kier molecular flexibility index (Phi) is 5.97. The van der Waals surface area contributed by atoms with Crippen LogP contribution in [0.25, 0.3) is 6.08 Å². The number of hydrogen-bond acceptors (Lipinski definition) is 4. The zero-order valence-electron chi connectivity index (χ0n) is 13.7. The number of carbonyl (C=O) groups is 1. The molecule has 0 amide bonds. The molecule has 0 atom stereocenters. The summed E-state index contributed by atoms with van der Waals surface area (Å²) in [7, 11) is 0. The van der Waals surface area contributed by atoms with Crippen LogP contribution in [0.1, 0.15) is 38.1 Å². The highest BCUT2D eigenvalue weighted by atomic mass is 16.5. The molecule has 2 rings (SSSR count). The van der Waals surface area contributed by atoms with Gasteiger partial charge in [-0.2, -0.15) is 0 Å². The Morgan fingerprint density at radius 1 is 1.30 bits per heavy atom. The summed E-state index contributed by atoms with van der Waals surface area (Å²) in [4.78, 5) is 11.4. The van der Waals surface area contributed by atoms with Gasteiger partial charge in [-0.05, 0) is 32.4 Å². The Bertz CT molecular complexity index is 660. The highest BCUT2D eigenvalue weighted by Gasteiger charge is 2.10. The molecule has 1 aromatic heterocycles. The summed E-state index contributed by atoms with van der Waals surface area (Å²) >= 11 is 0. The Labute approximate surface area is 136 Å². The molecule has 0 N–H and O–H groups in total. The molecular weight excluding hydrogens is 292 g/mol. The van der Waals surface area contributed by atoms with Gasteiger partial charge in [-0.15, -0.1) is 5.10 Å². The number of aromatic nitrogens is 2. The number of rotatable bonds is 7. The maximum atomic E-state index is 11.4. The molecule has 5 heteroatoms. The Morgan fingerprint density at radius 3 is 2.70 bits per heavy atom. The van der Waals surface area contributed by atoms with E-state index < -0.39 is 0 Å². The van der Waals surface area contributed by atoms with Crippen molar-refractivity contribution >= 4 is 12.0 Å². The lowest BCUT2D eigenvalue weighted by molar-refractivity contribution is -0.137. The van der Waals surface area contributed by atoms with Gasteiger partial charge in [-0.1, -0.05) is 30.3 Å². The molecule has 1 heterocycles. The van der Waals surface area contributed by atoms with E-state index >= 15 is 0 Å². The third-order valence-corrected chi connectivity index (χ3v) is 3.14. The first-order valence-corrected chi connectivity index (χ1v) is 7.71. The largest absolute Gasteiger partial charge is 0.472 e. The summed E-state index contributed by atoms with van der Waals surface area (Å²) in [5, 5.41) is 4.44. The first-order chi connectivity index (χ1) is 11.1. The average Bonchev–Trinajstić information content (AvgIpc) is 2.96. The van der Waals surface area contributed by atoms with Gasteiger partial charge in [0.2, 0.25) is 5.88 Å². The first-order valence-electron chi connectivity index (χ1n) is 7.71. The van der Waals surface area contributed by atoms with Crippen molar-refractivity contribution in [1.82, 2.24) is 9.78 Å². The van der Waals surface area contributed by atoms with E-state index in [1.807, 2.05) is 54.9 Å². The summed E-state index contributed by atoms with van der Waals surface area (Å²) < 4.78 is 12.4. The summed E-state index contributed by atoms with van der Waals surface area (Å²) in [6.07, 6.45) is 3.10. The van der Waals surface area contributed by atoms with Gasteiger partial charge in [0.15, 0.2) is 0 Å². The van der Waals surface area contributed by atoms with Gasteiger partial charge in [0.25, 0.3) is 0 Å². The van der Waals surface area contributed by atoms with Crippen molar-refractivity contribution in [3.05, 3.63) is 53.7 Å². The predicted octanol–water partition coefficient (Wildman–Crippen LogP) is 3.62. The second kappa shape index (κ2) is 8.17. The van der Waals surface area contributed by atoms with Crippen LogP contribution in [0.5, 0.6) is 5.88 Å². The maximum Gasteiger partial charge on any atom is 0.330 e. The monoisotopic (exact) mass is 314 g/mol. The number of ether oxygens (including phenoxy) is 2. The SMILES string of the molecule is CCOC(=O)C=Cc1cc(OCc2ccccc2)nn1C(C)C. The van der Waals surface area contributed by atoms with E-state index in [0.29, 0.717) is 19.1 Å². The van der Waals surface area contributed by atoms with Gasteiger partial charge < -0.3 is 9.47 Å². The summed E-state index contributed by atoms with van der Waals surface area (Å²) in [5.41, 5.74) is 1.88. The van der Waals surface area contributed by atoms with Gasteiger partial charge >= 0.3 is 5.97 Å². The molecule has 122 valence electrons. The second-order valence-electron chi connectivity index (χ2n) is 5.31. The molecule has 0 radical (unpaired) electrons. The molecule has 0 saturated heterocycles. The third-order valence-electron chi connectivity index (χ3n) is 3.14. The standard InChI is InChI=1S/C18H22N2O3/c1-4-22-18(21)11-10-16-12-17(19-20(16)14(2)3)23-13-15-8-6-5-7-9-15/h5-12,14H,4,13H2,1-3H3. The smallest absolute Gasteiger partial charge is 0.330 e. The highest BCUT2D eigenvalue weighted by molar-refractivity contribution is 5.86. The van der Waals surface area contributed by atoms with Crippen LogP contribution in [0.3, 0.4) is 0 Å². The quantitative estimate of drug-likeness (QED) is 0.578. The predicted molar refractivity (Wildman–Crippen MR) is 89.1 cm³/mol. The molecule has 0 saturated carbocycles. The number of esters is 1. The number of hydrogen-bond donors (Lipinski definition) is 0. The molecular formula is C18H22N2O3. The van der Waals surface area contributed by atoms with Crippen molar-refractivity contribution in [2.45, 2.75) is 33.4 Å². The Hall–Kier alpha value is -2.56.